The van der Waals surface area contributed by atoms with Gasteiger partial charge in [0.2, 0.25) is 0 Å². The number of rotatable bonds is 8. The number of carbonyl (C=O) groups excluding carboxylic acids is 3. The van der Waals surface area contributed by atoms with Gasteiger partial charge in [-0.05, 0) is 67.3 Å². The van der Waals surface area contributed by atoms with Crippen LogP contribution in [-0.4, -0.2) is 36.7 Å². The molecule has 6 nitrogen and oxygen atoms in total. The Morgan fingerprint density at radius 2 is 1.66 bits per heavy atom. The van der Waals surface area contributed by atoms with Crippen LogP contribution in [0, 0.1) is 28.6 Å². The van der Waals surface area contributed by atoms with Gasteiger partial charge in [0.25, 0.3) is 0 Å². The van der Waals surface area contributed by atoms with Crippen LogP contribution in [0.4, 0.5) is 0 Å². The van der Waals surface area contributed by atoms with Crippen LogP contribution >= 0.6 is 0 Å². The van der Waals surface area contributed by atoms with Crippen LogP contribution in [0.1, 0.15) is 87.0 Å². The van der Waals surface area contributed by atoms with Crippen LogP contribution in [0.15, 0.2) is 12.2 Å². The van der Waals surface area contributed by atoms with E-state index in [9.17, 15) is 14.4 Å². The van der Waals surface area contributed by atoms with Gasteiger partial charge in [0.15, 0.2) is 0 Å². The van der Waals surface area contributed by atoms with Gasteiger partial charge in [-0.25, -0.2) is 0 Å². The lowest BCUT2D eigenvalue weighted by molar-refractivity contribution is -0.182. The van der Waals surface area contributed by atoms with Crippen molar-refractivity contribution >= 4 is 17.9 Å². The van der Waals surface area contributed by atoms with E-state index in [-0.39, 0.29) is 52.8 Å². The molecule has 0 amide bonds. The van der Waals surface area contributed by atoms with Crippen LogP contribution in [0.3, 0.4) is 0 Å². The van der Waals surface area contributed by atoms with Gasteiger partial charge < -0.3 is 14.2 Å². The maximum atomic E-state index is 11.8. The van der Waals surface area contributed by atoms with Gasteiger partial charge in [0.1, 0.15) is 12.2 Å². The molecule has 2 aliphatic rings. The number of fused-ring (bicyclic) bond motifs is 1. The van der Waals surface area contributed by atoms with E-state index in [1.165, 1.54) is 20.8 Å². The number of hydrogen-bond donors (Lipinski definition) is 0. The maximum absolute atomic E-state index is 11.8. The summed E-state index contributed by atoms with van der Waals surface area (Å²) in [6.07, 6.45) is 4.76. The fourth-order valence-electron chi connectivity index (χ4n) is 6.32. The van der Waals surface area contributed by atoms with Crippen molar-refractivity contribution in [3.63, 3.8) is 0 Å². The minimum absolute atomic E-state index is 0.0104. The molecular weight excluding hydrogens is 408 g/mol. The fourth-order valence-corrected chi connectivity index (χ4v) is 6.32. The van der Waals surface area contributed by atoms with Crippen LogP contribution in [0.5, 0.6) is 0 Å². The Balaban J connectivity index is 2.24. The summed E-state index contributed by atoms with van der Waals surface area (Å²) in [7, 11) is 0. The monoisotopic (exact) mass is 450 g/mol. The second kappa shape index (κ2) is 10.4. The molecule has 32 heavy (non-hydrogen) atoms. The van der Waals surface area contributed by atoms with E-state index in [1.54, 1.807) is 0 Å². The van der Waals surface area contributed by atoms with E-state index in [1.807, 2.05) is 0 Å². The highest BCUT2D eigenvalue weighted by molar-refractivity contribution is 5.67. The second-order valence-corrected chi connectivity index (χ2v) is 10.8. The normalized spacial score (nSPS) is 32.4. The zero-order valence-electron chi connectivity index (χ0n) is 21.0. The number of esters is 3. The highest BCUT2D eigenvalue weighted by atomic mass is 16.5. The summed E-state index contributed by atoms with van der Waals surface area (Å²) in [6, 6.07) is 0. The number of hydrogen-bond acceptors (Lipinski definition) is 6. The molecule has 0 bridgehead atoms. The zero-order chi connectivity index (χ0) is 24.3. The van der Waals surface area contributed by atoms with Crippen molar-refractivity contribution in [3.8, 4) is 0 Å². The third-order valence-electron chi connectivity index (χ3n) is 8.06. The molecule has 0 saturated heterocycles. The maximum Gasteiger partial charge on any atom is 0.303 e. The van der Waals surface area contributed by atoms with Crippen LogP contribution in [-0.2, 0) is 28.6 Å². The van der Waals surface area contributed by atoms with E-state index in [0.29, 0.717) is 18.9 Å². The smallest absolute Gasteiger partial charge is 0.303 e. The first kappa shape index (κ1) is 26.4. The number of carbonyl (C=O) groups is 3. The Hall–Kier alpha value is -1.85. The quantitative estimate of drug-likeness (QED) is 0.286. The average Bonchev–Trinajstić information content (AvgIpc) is 2.65. The molecule has 6 atom stereocenters. The average molecular weight is 451 g/mol. The highest BCUT2D eigenvalue weighted by Gasteiger charge is 2.59. The Morgan fingerprint density at radius 3 is 2.22 bits per heavy atom. The van der Waals surface area contributed by atoms with Gasteiger partial charge >= 0.3 is 17.9 Å². The Morgan fingerprint density at radius 1 is 1.03 bits per heavy atom. The molecule has 2 aliphatic carbocycles. The van der Waals surface area contributed by atoms with E-state index in [0.717, 1.165) is 37.7 Å². The first-order valence-electron chi connectivity index (χ1n) is 12.0. The molecule has 0 aliphatic heterocycles. The van der Waals surface area contributed by atoms with Crippen molar-refractivity contribution in [2.45, 2.75) is 99.2 Å². The van der Waals surface area contributed by atoms with Crippen LogP contribution < -0.4 is 0 Å². The molecule has 2 rings (SSSR count). The van der Waals surface area contributed by atoms with E-state index in [2.05, 4.69) is 34.3 Å². The van der Waals surface area contributed by atoms with Gasteiger partial charge in [0.05, 0.1) is 6.61 Å². The molecule has 0 N–H and O–H groups in total. The summed E-state index contributed by atoms with van der Waals surface area (Å²) >= 11 is 0. The van der Waals surface area contributed by atoms with Crippen molar-refractivity contribution in [1.29, 1.82) is 0 Å². The Bertz CT molecular complexity index is 726. The van der Waals surface area contributed by atoms with Gasteiger partial charge in [-0.1, -0.05) is 34.3 Å². The van der Waals surface area contributed by atoms with Crippen LogP contribution in [0.2, 0.25) is 0 Å². The lowest BCUT2D eigenvalue weighted by atomic mass is 9.45. The third-order valence-corrected chi connectivity index (χ3v) is 8.06. The van der Waals surface area contributed by atoms with Crippen molar-refractivity contribution in [2.75, 3.05) is 6.61 Å². The lowest BCUT2D eigenvalue weighted by Gasteiger charge is -2.61. The van der Waals surface area contributed by atoms with Gasteiger partial charge in [-0.2, -0.15) is 0 Å². The lowest BCUT2D eigenvalue weighted by Crippen LogP contribution is -2.58. The SMILES string of the molecule is C=C1C(OC(C)=O)CC2C(C)(C)C(OC(C)=O)CCC2(C)C1CCC(C)CCOC(C)=O. The highest BCUT2D eigenvalue weighted by Crippen LogP contribution is 2.62. The van der Waals surface area contributed by atoms with Crippen molar-refractivity contribution in [2.24, 2.45) is 28.6 Å². The topological polar surface area (TPSA) is 78.9 Å². The second-order valence-electron chi connectivity index (χ2n) is 10.8. The predicted octanol–water partition coefficient (Wildman–Crippen LogP) is 5.24. The summed E-state index contributed by atoms with van der Waals surface area (Å²) in [5.74, 6) is 0.0523. The minimum Gasteiger partial charge on any atom is -0.466 e. The predicted molar refractivity (Wildman–Crippen MR) is 123 cm³/mol. The van der Waals surface area contributed by atoms with Gasteiger partial charge in [0, 0.05) is 26.2 Å². The van der Waals surface area contributed by atoms with Gasteiger partial charge in [-0.3, -0.25) is 14.4 Å². The molecule has 2 saturated carbocycles. The molecule has 6 unspecified atom stereocenters. The number of ether oxygens (including phenoxy) is 3. The third kappa shape index (κ3) is 5.93. The molecule has 6 heteroatoms. The standard InChI is InChI=1S/C26H42O6/c1-16(12-14-30-18(3)27)9-10-21-17(2)22(31-19(4)28)15-23-25(6,7)24(32-20(5)29)11-13-26(21,23)8/h16,21-24H,2,9-15H2,1,3-8H3. The molecule has 0 radical (unpaired) electrons. The molecule has 2 fully saturated rings. The molecule has 0 heterocycles. The van der Waals surface area contributed by atoms with E-state index < -0.39 is 0 Å². The van der Waals surface area contributed by atoms with Crippen molar-refractivity contribution in [3.05, 3.63) is 12.2 Å². The van der Waals surface area contributed by atoms with Gasteiger partial charge in [-0.15, -0.1) is 0 Å². The summed E-state index contributed by atoms with van der Waals surface area (Å²) in [6.45, 7) is 18.1. The van der Waals surface area contributed by atoms with Crippen molar-refractivity contribution in [1.82, 2.24) is 0 Å². The first-order chi connectivity index (χ1) is 14.8. The Kier molecular flexibility index (Phi) is 8.57. The molecular formula is C26H42O6. The summed E-state index contributed by atoms with van der Waals surface area (Å²) in [5, 5.41) is 0. The molecule has 0 aromatic heterocycles. The van der Waals surface area contributed by atoms with E-state index in [4.69, 9.17) is 14.2 Å². The van der Waals surface area contributed by atoms with Crippen molar-refractivity contribution < 1.29 is 28.6 Å². The first-order valence-corrected chi connectivity index (χ1v) is 12.0. The summed E-state index contributed by atoms with van der Waals surface area (Å²) < 4.78 is 16.6. The molecule has 182 valence electrons. The minimum atomic E-state index is -0.317. The fraction of sp³-hybridized carbons (Fsp3) is 0.808. The largest absolute Gasteiger partial charge is 0.466 e. The van der Waals surface area contributed by atoms with E-state index >= 15 is 0 Å². The molecule has 0 aromatic carbocycles. The summed E-state index contributed by atoms with van der Waals surface area (Å²) in [4.78, 5) is 34.6. The zero-order valence-corrected chi connectivity index (χ0v) is 21.0. The Labute approximate surface area is 193 Å². The molecule has 0 aromatic rings. The summed E-state index contributed by atoms with van der Waals surface area (Å²) in [5.41, 5.74) is 0.758. The molecule has 0 spiro atoms. The van der Waals surface area contributed by atoms with Crippen LogP contribution in [0.25, 0.3) is 0 Å².